The van der Waals surface area contributed by atoms with Crippen molar-refractivity contribution in [3.63, 3.8) is 0 Å². The van der Waals surface area contributed by atoms with E-state index in [1.165, 1.54) is 5.56 Å². The molecule has 0 amide bonds. The van der Waals surface area contributed by atoms with Crippen molar-refractivity contribution in [2.75, 3.05) is 5.73 Å². The predicted molar refractivity (Wildman–Crippen MR) is 48.7 cm³/mol. The minimum atomic E-state index is 0.681. The van der Waals surface area contributed by atoms with Crippen LogP contribution in [-0.2, 0) is 0 Å². The average molecular weight is 159 g/mol. The van der Waals surface area contributed by atoms with Gasteiger partial charge in [-0.15, -0.1) is 0 Å². The van der Waals surface area contributed by atoms with E-state index in [0.717, 1.165) is 10.9 Å². The molecule has 1 aromatic carbocycles. The summed E-state index contributed by atoms with van der Waals surface area (Å²) in [5.74, 6) is 0. The van der Waals surface area contributed by atoms with E-state index in [0.29, 0.717) is 5.69 Å². The van der Waals surface area contributed by atoms with E-state index in [4.69, 9.17) is 5.73 Å². The largest absolute Gasteiger partial charge is 0.397 e. The molecule has 3 heteroatoms. The minimum absolute atomic E-state index is 0.681. The molecule has 0 spiro atoms. The van der Waals surface area contributed by atoms with E-state index in [-0.39, 0.29) is 0 Å². The van der Waals surface area contributed by atoms with Crippen LogP contribution in [0, 0.1) is 6.92 Å². The summed E-state index contributed by atoms with van der Waals surface area (Å²) < 4.78 is 0. The maximum atomic E-state index is 5.70. The molecule has 0 bridgehead atoms. The van der Waals surface area contributed by atoms with E-state index in [1.54, 1.807) is 6.20 Å². The van der Waals surface area contributed by atoms with Gasteiger partial charge >= 0.3 is 0 Å². The standard InChI is InChI=1S/C9H9N3/c1-6-2-3-7-8(10)5-11-12-9(7)4-6/h2-5H,1H3,(H2,10,12). The molecule has 1 heterocycles. The first-order chi connectivity index (χ1) is 5.77. The molecule has 0 aliphatic rings. The van der Waals surface area contributed by atoms with Gasteiger partial charge in [0.15, 0.2) is 0 Å². The highest BCUT2D eigenvalue weighted by atomic mass is 15.1. The van der Waals surface area contributed by atoms with E-state index in [9.17, 15) is 0 Å². The summed E-state index contributed by atoms with van der Waals surface area (Å²) >= 11 is 0. The van der Waals surface area contributed by atoms with Gasteiger partial charge in [-0.1, -0.05) is 12.1 Å². The molecule has 0 aliphatic carbocycles. The number of nitrogen functional groups attached to an aromatic ring is 1. The van der Waals surface area contributed by atoms with Crippen molar-refractivity contribution in [2.24, 2.45) is 0 Å². The average Bonchev–Trinajstić information content (AvgIpc) is 2.04. The van der Waals surface area contributed by atoms with Gasteiger partial charge in [0.1, 0.15) is 0 Å². The second-order valence-corrected chi connectivity index (χ2v) is 2.82. The van der Waals surface area contributed by atoms with Gasteiger partial charge in [0, 0.05) is 5.39 Å². The Morgan fingerprint density at radius 3 is 3.00 bits per heavy atom. The second kappa shape index (κ2) is 2.44. The third kappa shape index (κ3) is 0.993. The lowest BCUT2D eigenvalue weighted by Crippen LogP contribution is -1.91. The first kappa shape index (κ1) is 7.03. The molecule has 0 atom stereocenters. The van der Waals surface area contributed by atoms with Gasteiger partial charge in [-0.25, -0.2) is 0 Å². The van der Waals surface area contributed by atoms with Crippen molar-refractivity contribution in [1.82, 2.24) is 10.2 Å². The zero-order valence-corrected chi connectivity index (χ0v) is 6.78. The fourth-order valence-corrected chi connectivity index (χ4v) is 1.19. The van der Waals surface area contributed by atoms with Crippen LogP contribution in [0.4, 0.5) is 5.69 Å². The van der Waals surface area contributed by atoms with Crippen LogP contribution in [0.2, 0.25) is 0 Å². The van der Waals surface area contributed by atoms with Crippen molar-refractivity contribution >= 4 is 16.6 Å². The summed E-state index contributed by atoms with van der Waals surface area (Å²) in [6, 6.07) is 5.95. The summed E-state index contributed by atoms with van der Waals surface area (Å²) in [6.07, 6.45) is 1.57. The number of nitrogens with zero attached hydrogens (tertiary/aromatic N) is 2. The van der Waals surface area contributed by atoms with Crippen molar-refractivity contribution in [3.05, 3.63) is 30.0 Å². The number of nitrogens with two attached hydrogens (primary N) is 1. The quantitative estimate of drug-likeness (QED) is 0.634. The number of benzene rings is 1. The van der Waals surface area contributed by atoms with Crippen molar-refractivity contribution in [2.45, 2.75) is 6.92 Å². The molecule has 1 aromatic heterocycles. The number of anilines is 1. The van der Waals surface area contributed by atoms with Crippen LogP contribution in [0.3, 0.4) is 0 Å². The number of hydrogen-bond donors (Lipinski definition) is 1. The molecule has 2 rings (SSSR count). The zero-order chi connectivity index (χ0) is 8.55. The third-order valence-electron chi connectivity index (χ3n) is 1.83. The van der Waals surface area contributed by atoms with Gasteiger partial charge in [0.2, 0.25) is 0 Å². The topological polar surface area (TPSA) is 51.8 Å². The van der Waals surface area contributed by atoms with Crippen LogP contribution in [-0.4, -0.2) is 10.2 Å². The van der Waals surface area contributed by atoms with Crippen LogP contribution >= 0.6 is 0 Å². The molecule has 2 N–H and O–H groups in total. The zero-order valence-electron chi connectivity index (χ0n) is 6.78. The number of aromatic nitrogens is 2. The van der Waals surface area contributed by atoms with Crippen LogP contribution in [0.25, 0.3) is 10.9 Å². The highest BCUT2D eigenvalue weighted by molar-refractivity contribution is 5.89. The van der Waals surface area contributed by atoms with Crippen LogP contribution in [0.15, 0.2) is 24.4 Å². The Balaban J connectivity index is 2.86. The van der Waals surface area contributed by atoms with Gasteiger partial charge in [-0.05, 0) is 18.6 Å². The second-order valence-electron chi connectivity index (χ2n) is 2.82. The summed E-state index contributed by atoms with van der Waals surface area (Å²) in [5, 5.41) is 8.72. The lowest BCUT2D eigenvalue weighted by molar-refractivity contribution is 1.08. The third-order valence-corrected chi connectivity index (χ3v) is 1.83. The molecule has 12 heavy (non-hydrogen) atoms. The van der Waals surface area contributed by atoms with Gasteiger partial charge < -0.3 is 5.73 Å². The van der Waals surface area contributed by atoms with Crippen molar-refractivity contribution in [3.8, 4) is 0 Å². The summed E-state index contributed by atoms with van der Waals surface area (Å²) in [5.41, 5.74) is 8.41. The van der Waals surface area contributed by atoms with E-state index in [1.807, 2.05) is 25.1 Å². The van der Waals surface area contributed by atoms with Gasteiger partial charge in [-0.3, -0.25) is 0 Å². The Morgan fingerprint density at radius 2 is 2.17 bits per heavy atom. The number of rotatable bonds is 0. The summed E-state index contributed by atoms with van der Waals surface area (Å²) in [6.45, 7) is 2.02. The van der Waals surface area contributed by atoms with Crippen LogP contribution < -0.4 is 5.73 Å². The molecule has 0 aliphatic heterocycles. The number of fused-ring (bicyclic) bond motifs is 1. The van der Waals surface area contributed by atoms with Crippen LogP contribution in [0.1, 0.15) is 5.56 Å². The molecule has 0 fully saturated rings. The van der Waals surface area contributed by atoms with Gasteiger partial charge in [0.05, 0.1) is 17.4 Å². The van der Waals surface area contributed by atoms with E-state index < -0.39 is 0 Å². The Hall–Kier alpha value is -1.64. The maximum Gasteiger partial charge on any atom is 0.0953 e. The molecule has 0 saturated heterocycles. The minimum Gasteiger partial charge on any atom is -0.397 e. The van der Waals surface area contributed by atoms with E-state index >= 15 is 0 Å². The molecule has 60 valence electrons. The highest BCUT2D eigenvalue weighted by Crippen LogP contribution is 2.17. The summed E-state index contributed by atoms with van der Waals surface area (Å²) in [7, 11) is 0. The Labute approximate surface area is 70.2 Å². The SMILES string of the molecule is Cc1ccc2c(N)cnnc2c1. The van der Waals surface area contributed by atoms with E-state index in [2.05, 4.69) is 10.2 Å². The Morgan fingerprint density at radius 1 is 1.33 bits per heavy atom. The van der Waals surface area contributed by atoms with Gasteiger partial charge in [0.25, 0.3) is 0 Å². The molecular weight excluding hydrogens is 150 g/mol. The van der Waals surface area contributed by atoms with Gasteiger partial charge in [-0.2, -0.15) is 10.2 Å². The first-order valence-electron chi connectivity index (χ1n) is 3.75. The Kier molecular flexibility index (Phi) is 1.43. The monoisotopic (exact) mass is 159 g/mol. The Bertz CT molecular complexity index is 423. The number of aryl methyl sites for hydroxylation is 1. The van der Waals surface area contributed by atoms with Crippen molar-refractivity contribution < 1.29 is 0 Å². The first-order valence-corrected chi connectivity index (χ1v) is 3.75. The van der Waals surface area contributed by atoms with Crippen molar-refractivity contribution in [1.29, 1.82) is 0 Å². The molecule has 0 saturated carbocycles. The van der Waals surface area contributed by atoms with Crippen LogP contribution in [0.5, 0.6) is 0 Å². The smallest absolute Gasteiger partial charge is 0.0953 e. The molecule has 0 radical (unpaired) electrons. The molecule has 0 unspecified atom stereocenters. The molecule has 3 nitrogen and oxygen atoms in total. The maximum absolute atomic E-state index is 5.70. The molecular formula is C9H9N3. The lowest BCUT2D eigenvalue weighted by atomic mass is 10.1. The lowest BCUT2D eigenvalue weighted by Gasteiger charge is -1.99. The predicted octanol–water partition coefficient (Wildman–Crippen LogP) is 1.52. The molecule has 2 aromatic rings. The highest BCUT2D eigenvalue weighted by Gasteiger charge is 1.98. The number of hydrogen-bond acceptors (Lipinski definition) is 3. The fourth-order valence-electron chi connectivity index (χ4n) is 1.19. The fraction of sp³-hybridized carbons (Fsp3) is 0.111. The normalized spacial score (nSPS) is 10.4. The summed E-state index contributed by atoms with van der Waals surface area (Å²) in [4.78, 5) is 0.